The predicted molar refractivity (Wildman–Crippen MR) is 97.7 cm³/mol. The minimum atomic E-state index is -0.935. The van der Waals surface area contributed by atoms with Crippen molar-refractivity contribution in [1.82, 2.24) is 10.5 Å². The van der Waals surface area contributed by atoms with E-state index in [9.17, 15) is 9.90 Å². The van der Waals surface area contributed by atoms with Crippen molar-refractivity contribution in [2.24, 2.45) is 0 Å². The number of carbonyl (C=O) groups is 1. The lowest BCUT2D eigenvalue weighted by Gasteiger charge is -2.33. The third kappa shape index (κ3) is 3.39. The number of aromatic nitrogens is 1. The Bertz CT molecular complexity index is 920. The molecule has 2 N–H and O–H groups in total. The molecule has 1 atom stereocenters. The van der Waals surface area contributed by atoms with Gasteiger partial charge < -0.3 is 14.9 Å². The van der Waals surface area contributed by atoms with Gasteiger partial charge in [0.15, 0.2) is 11.5 Å². The van der Waals surface area contributed by atoms with Crippen LogP contribution in [0, 0.1) is 0 Å². The number of fused-ring (bicyclic) bond motifs is 1. The molecule has 0 fully saturated rings. The molecule has 132 valence electrons. The van der Waals surface area contributed by atoms with Crippen LogP contribution < -0.4 is 5.32 Å². The van der Waals surface area contributed by atoms with Crippen LogP contribution in [0.3, 0.4) is 0 Å². The number of benzene rings is 2. The summed E-state index contributed by atoms with van der Waals surface area (Å²) in [6, 6.07) is 19.2. The summed E-state index contributed by atoms with van der Waals surface area (Å²) < 4.78 is 5.26. The fourth-order valence-electron chi connectivity index (χ4n) is 3.39. The number of aliphatic hydroxyl groups is 1. The highest BCUT2D eigenvalue weighted by Gasteiger charge is 2.32. The molecule has 0 radical (unpaired) electrons. The Labute approximate surface area is 151 Å². The normalized spacial score (nSPS) is 19.0. The van der Waals surface area contributed by atoms with Crippen molar-refractivity contribution in [3.63, 3.8) is 0 Å². The summed E-state index contributed by atoms with van der Waals surface area (Å²) >= 11 is 0. The molecule has 1 heterocycles. The molecule has 3 aromatic rings. The largest absolute Gasteiger partial charge is 0.388 e. The SMILES string of the molecule is O=C(NCC1(O)CCc2ccccc2C1)c1cc(-c2ccccc2)on1. The Morgan fingerprint density at radius 2 is 1.85 bits per heavy atom. The first-order valence-corrected chi connectivity index (χ1v) is 8.72. The Morgan fingerprint density at radius 3 is 2.65 bits per heavy atom. The lowest BCUT2D eigenvalue weighted by molar-refractivity contribution is 0.0259. The van der Waals surface area contributed by atoms with Gasteiger partial charge in [-0.05, 0) is 24.0 Å². The Morgan fingerprint density at radius 1 is 1.12 bits per heavy atom. The van der Waals surface area contributed by atoms with E-state index in [1.807, 2.05) is 48.5 Å². The second kappa shape index (κ2) is 6.77. The highest BCUT2D eigenvalue weighted by atomic mass is 16.5. The van der Waals surface area contributed by atoms with E-state index in [0.717, 1.165) is 17.5 Å². The van der Waals surface area contributed by atoms with Crippen LogP contribution in [-0.4, -0.2) is 28.3 Å². The molecule has 26 heavy (non-hydrogen) atoms. The van der Waals surface area contributed by atoms with Crippen molar-refractivity contribution < 1.29 is 14.4 Å². The van der Waals surface area contributed by atoms with Gasteiger partial charge in [0.1, 0.15) is 0 Å². The van der Waals surface area contributed by atoms with Crippen molar-refractivity contribution in [2.75, 3.05) is 6.54 Å². The molecule has 5 nitrogen and oxygen atoms in total. The molecule has 0 bridgehead atoms. The first kappa shape index (κ1) is 16.5. The first-order valence-electron chi connectivity index (χ1n) is 8.72. The van der Waals surface area contributed by atoms with Gasteiger partial charge in [0.25, 0.3) is 5.91 Å². The monoisotopic (exact) mass is 348 g/mol. The molecule has 0 aliphatic heterocycles. The number of amides is 1. The fourth-order valence-corrected chi connectivity index (χ4v) is 3.39. The molecular weight excluding hydrogens is 328 g/mol. The van der Waals surface area contributed by atoms with E-state index in [0.29, 0.717) is 18.6 Å². The van der Waals surface area contributed by atoms with E-state index >= 15 is 0 Å². The lowest BCUT2D eigenvalue weighted by atomic mass is 9.80. The van der Waals surface area contributed by atoms with E-state index in [1.54, 1.807) is 6.07 Å². The molecule has 1 unspecified atom stereocenters. The molecule has 2 aromatic carbocycles. The third-order valence-corrected chi connectivity index (χ3v) is 4.88. The summed E-state index contributed by atoms with van der Waals surface area (Å²) in [7, 11) is 0. The first-order chi connectivity index (χ1) is 12.6. The van der Waals surface area contributed by atoms with Gasteiger partial charge in [0.05, 0.1) is 5.60 Å². The van der Waals surface area contributed by atoms with Crippen LogP contribution in [0.5, 0.6) is 0 Å². The van der Waals surface area contributed by atoms with Crippen LogP contribution in [0.4, 0.5) is 0 Å². The summed E-state index contributed by atoms with van der Waals surface area (Å²) in [5.41, 5.74) is 2.55. The molecule has 1 aliphatic rings. The second-order valence-corrected chi connectivity index (χ2v) is 6.79. The molecule has 0 saturated carbocycles. The number of nitrogens with one attached hydrogen (secondary N) is 1. The average molecular weight is 348 g/mol. The zero-order valence-electron chi connectivity index (χ0n) is 14.3. The predicted octanol–water partition coefficient (Wildman–Crippen LogP) is 2.99. The minimum absolute atomic E-state index is 0.188. The highest BCUT2D eigenvalue weighted by Crippen LogP contribution is 2.28. The maximum atomic E-state index is 12.4. The molecule has 4 rings (SSSR count). The van der Waals surface area contributed by atoms with Crippen LogP contribution in [0.25, 0.3) is 11.3 Å². The van der Waals surface area contributed by atoms with Crippen molar-refractivity contribution in [2.45, 2.75) is 24.9 Å². The van der Waals surface area contributed by atoms with Gasteiger partial charge in [0, 0.05) is 24.6 Å². The zero-order chi connectivity index (χ0) is 18.0. The Hall–Kier alpha value is -2.92. The number of hydrogen-bond donors (Lipinski definition) is 2. The molecule has 1 aromatic heterocycles. The van der Waals surface area contributed by atoms with Crippen molar-refractivity contribution in [3.05, 3.63) is 77.5 Å². The topological polar surface area (TPSA) is 75.4 Å². The van der Waals surface area contributed by atoms with Crippen LogP contribution in [0.2, 0.25) is 0 Å². The Kier molecular flexibility index (Phi) is 4.31. The molecular formula is C21H20N2O3. The third-order valence-electron chi connectivity index (χ3n) is 4.88. The quantitative estimate of drug-likeness (QED) is 0.760. The molecule has 5 heteroatoms. The van der Waals surface area contributed by atoms with E-state index in [1.165, 1.54) is 5.56 Å². The highest BCUT2D eigenvalue weighted by molar-refractivity contribution is 5.93. The van der Waals surface area contributed by atoms with E-state index in [-0.39, 0.29) is 18.1 Å². The number of carbonyl (C=O) groups excluding carboxylic acids is 1. The van der Waals surface area contributed by atoms with Gasteiger partial charge in [0.2, 0.25) is 0 Å². The number of hydrogen-bond acceptors (Lipinski definition) is 4. The van der Waals surface area contributed by atoms with Gasteiger partial charge in [-0.1, -0.05) is 59.8 Å². The van der Waals surface area contributed by atoms with E-state index in [4.69, 9.17) is 4.52 Å². The summed E-state index contributed by atoms with van der Waals surface area (Å²) in [5, 5.41) is 17.5. The molecule has 0 saturated heterocycles. The number of nitrogens with zero attached hydrogens (tertiary/aromatic N) is 1. The maximum Gasteiger partial charge on any atom is 0.273 e. The van der Waals surface area contributed by atoms with Crippen LogP contribution in [0.1, 0.15) is 28.0 Å². The van der Waals surface area contributed by atoms with E-state index in [2.05, 4.69) is 16.5 Å². The van der Waals surface area contributed by atoms with Gasteiger partial charge >= 0.3 is 0 Å². The Balaban J connectivity index is 1.41. The van der Waals surface area contributed by atoms with Gasteiger partial charge in [-0.2, -0.15) is 0 Å². The smallest absolute Gasteiger partial charge is 0.273 e. The molecule has 1 amide bonds. The lowest BCUT2D eigenvalue weighted by Crippen LogP contribution is -2.46. The van der Waals surface area contributed by atoms with Crippen molar-refractivity contribution in [3.8, 4) is 11.3 Å². The summed E-state index contributed by atoms with van der Waals surface area (Å²) in [6.45, 7) is 0.188. The number of aryl methyl sites for hydroxylation is 1. The van der Waals surface area contributed by atoms with E-state index < -0.39 is 5.60 Å². The van der Waals surface area contributed by atoms with Crippen LogP contribution in [-0.2, 0) is 12.8 Å². The number of rotatable bonds is 4. The zero-order valence-corrected chi connectivity index (χ0v) is 14.3. The van der Waals surface area contributed by atoms with Gasteiger partial charge in [-0.15, -0.1) is 0 Å². The van der Waals surface area contributed by atoms with Crippen molar-refractivity contribution >= 4 is 5.91 Å². The molecule has 0 spiro atoms. The fraction of sp³-hybridized carbons (Fsp3) is 0.238. The summed E-state index contributed by atoms with van der Waals surface area (Å²) in [4.78, 5) is 12.4. The summed E-state index contributed by atoms with van der Waals surface area (Å²) in [5.74, 6) is 0.198. The van der Waals surface area contributed by atoms with Gasteiger partial charge in [-0.25, -0.2) is 0 Å². The van der Waals surface area contributed by atoms with Crippen molar-refractivity contribution in [1.29, 1.82) is 0 Å². The standard InChI is InChI=1S/C21H20N2O3/c24-20(18-12-19(26-23-18)16-7-2-1-3-8-16)22-14-21(25)11-10-15-6-4-5-9-17(15)13-21/h1-9,12,25H,10-11,13-14H2,(H,22,24). The van der Waals surface area contributed by atoms with Crippen LogP contribution in [0.15, 0.2) is 65.2 Å². The maximum absolute atomic E-state index is 12.4. The minimum Gasteiger partial charge on any atom is -0.388 e. The summed E-state index contributed by atoms with van der Waals surface area (Å²) in [6.07, 6.45) is 1.97. The van der Waals surface area contributed by atoms with Gasteiger partial charge in [-0.3, -0.25) is 4.79 Å². The average Bonchev–Trinajstić information content (AvgIpc) is 3.17. The second-order valence-electron chi connectivity index (χ2n) is 6.79. The van der Waals surface area contributed by atoms with Crippen LogP contribution >= 0.6 is 0 Å². The molecule has 1 aliphatic carbocycles.